The molecule has 3 aromatic rings. The van der Waals surface area contributed by atoms with Crippen LogP contribution >= 0.6 is 22.9 Å². The molecule has 0 N–H and O–H groups in total. The maximum Gasteiger partial charge on any atom is 0.230 e. The van der Waals surface area contributed by atoms with Crippen molar-refractivity contribution >= 4 is 44.7 Å². The number of rotatable bonds is 1. The molecular weight excluding hydrogens is 308 g/mol. The maximum absolute atomic E-state index is 6.29. The van der Waals surface area contributed by atoms with E-state index in [-0.39, 0.29) is 0 Å². The number of fused-ring (bicyclic) bond motifs is 3. The second-order valence-corrected chi connectivity index (χ2v) is 6.63. The van der Waals surface area contributed by atoms with Crippen LogP contribution in [0.4, 0.5) is 5.95 Å². The Morgan fingerprint density at radius 3 is 2.71 bits per heavy atom. The summed E-state index contributed by atoms with van der Waals surface area (Å²) in [5, 5.41) is 8.03. The summed E-state index contributed by atoms with van der Waals surface area (Å²) in [7, 11) is 2.14. The van der Waals surface area contributed by atoms with Crippen molar-refractivity contribution in [2.45, 2.75) is 6.92 Å². The zero-order valence-electron chi connectivity index (χ0n) is 11.9. The van der Waals surface area contributed by atoms with Crippen LogP contribution in [0.1, 0.15) is 5.82 Å². The van der Waals surface area contributed by atoms with Gasteiger partial charge in [0.1, 0.15) is 10.7 Å². The Balaban J connectivity index is 1.94. The second-order valence-electron chi connectivity index (χ2n) is 5.36. The van der Waals surface area contributed by atoms with Gasteiger partial charge in [0.05, 0.1) is 10.4 Å². The predicted octanol–water partition coefficient (Wildman–Crippen LogP) is 2.05. The quantitative estimate of drug-likeness (QED) is 0.686. The molecule has 0 aromatic carbocycles. The molecule has 0 bridgehead atoms. The molecule has 0 unspecified atom stereocenters. The van der Waals surface area contributed by atoms with Crippen molar-refractivity contribution in [2.24, 2.45) is 0 Å². The Kier molecular flexibility index (Phi) is 3.02. The summed E-state index contributed by atoms with van der Waals surface area (Å²) in [4.78, 5) is 14.8. The highest BCUT2D eigenvalue weighted by Gasteiger charge is 2.22. The van der Waals surface area contributed by atoms with Crippen LogP contribution in [0.3, 0.4) is 0 Å². The van der Waals surface area contributed by atoms with E-state index < -0.39 is 0 Å². The molecule has 0 amide bonds. The highest BCUT2D eigenvalue weighted by Crippen LogP contribution is 2.33. The van der Waals surface area contributed by atoms with Crippen LogP contribution in [-0.4, -0.2) is 57.7 Å². The van der Waals surface area contributed by atoms with Gasteiger partial charge in [-0.15, -0.1) is 16.4 Å². The molecule has 21 heavy (non-hydrogen) atoms. The minimum atomic E-state index is 0.699. The minimum absolute atomic E-state index is 0.699. The topological polar surface area (TPSA) is 49.6 Å². The molecule has 3 aromatic heterocycles. The maximum atomic E-state index is 6.29. The SMILES string of the molecule is Cc1nc2c3c(Cl)csc3nc(N3CCN(C)CC3)n2n1. The normalized spacial score (nSPS) is 17.2. The first-order valence-electron chi connectivity index (χ1n) is 6.87. The van der Waals surface area contributed by atoms with Gasteiger partial charge < -0.3 is 9.80 Å². The lowest BCUT2D eigenvalue weighted by molar-refractivity contribution is 0.310. The zero-order valence-corrected chi connectivity index (χ0v) is 13.4. The van der Waals surface area contributed by atoms with Gasteiger partial charge >= 0.3 is 0 Å². The summed E-state index contributed by atoms with van der Waals surface area (Å²) >= 11 is 7.84. The number of piperazine rings is 1. The van der Waals surface area contributed by atoms with Crippen LogP contribution in [0.15, 0.2) is 5.38 Å². The van der Waals surface area contributed by atoms with E-state index >= 15 is 0 Å². The standard InChI is InChI=1S/C13H15ClN6S/c1-8-15-11-10-9(14)7-21-12(10)16-13(20(11)17-8)19-5-3-18(2)4-6-19/h7H,3-6H2,1-2H3. The van der Waals surface area contributed by atoms with Gasteiger partial charge in [0, 0.05) is 31.6 Å². The Bertz CT molecular complexity index is 817. The van der Waals surface area contributed by atoms with E-state index in [2.05, 4.69) is 26.9 Å². The number of aryl methyl sites for hydroxylation is 1. The third-order valence-corrected chi connectivity index (χ3v) is 5.14. The van der Waals surface area contributed by atoms with Gasteiger partial charge in [-0.1, -0.05) is 11.6 Å². The van der Waals surface area contributed by atoms with Crippen molar-refractivity contribution in [1.29, 1.82) is 0 Å². The number of anilines is 1. The fraction of sp³-hybridized carbons (Fsp3) is 0.462. The van der Waals surface area contributed by atoms with Crippen LogP contribution in [0.25, 0.3) is 15.9 Å². The fourth-order valence-electron chi connectivity index (χ4n) is 2.68. The first-order chi connectivity index (χ1) is 10.1. The van der Waals surface area contributed by atoms with E-state index in [4.69, 9.17) is 16.6 Å². The van der Waals surface area contributed by atoms with E-state index in [1.54, 1.807) is 11.3 Å². The first kappa shape index (κ1) is 13.2. The van der Waals surface area contributed by atoms with Crippen LogP contribution in [-0.2, 0) is 0 Å². The van der Waals surface area contributed by atoms with Crippen molar-refractivity contribution in [3.63, 3.8) is 0 Å². The van der Waals surface area contributed by atoms with Crippen LogP contribution in [0.2, 0.25) is 5.02 Å². The number of hydrogen-bond acceptors (Lipinski definition) is 6. The lowest BCUT2D eigenvalue weighted by Crippen LogP contribution is -2.45. The smallest absolute Gasteiger partial charge is 0.230 e. The fourth-order valence-corrected chi connectivity index (χ4v) is 3.83. The van der Waals surface area contributed by atoms with Gasteiger partial charge in [0.2, 0.25) is 5.95 Å². The first-order valence-corrected chi connectivity index (χ1v) is 8.13. The molecular formula is C13H15ClN6S. The Morgan fingerprint density at radius 2 is 1.95 bits per heavy atom. The molecule has 1 aliphatic rings. The Hall–Kier alpha value is -1.44. The van der Waals surface area contributed by atoms with Crippen LogP contribution < -0.4 is 4.90 Å². The van der Waals surface area contributed by atoms with Crippen molar-refractivity contribution < 1.29 is 0 Å². The largest absolute Gasteiger partial charge is 0.338 e. The number of halogens is 1. The zero-order chi connectivity index (χ0) is 14.6. The summed E-state index contributed by atoms with van der Waals surface area (Å²) < 4.78 is 1.83. The van der Waals surface area contributed by atoms with Gasteiger partial charge in [-0.2, -0.15) is 4.52 Å². The molecule has 1 fully saturated rings. The molecule has 4 rings (SSSR count). The summed E-state index contributed by atoms with van der Waals surface area (Å²) in [5.41, 5.74) is 0.803. The van der Waals surface area contributed by atoms with E-state index in [1.165, 1.54) is 0 Å². The third kappa shape index (κ3) is 2.07. The molecule has 0 atom stereocenters. The molecule has 0 saturated carbocycles. The molecule has 0 spiro atoms. The lowest BCUT2D eigenvalue weighted by atomic mass is 10.3. The van der Waals surface area contributed by atoms with Crippen molar-refractivity contribution in [2.75, 3.05) is 38.1 Å². The van der Waals surface area contributed by atoms with Crippen molar-refractivity contribution in [3.8, 4) is 0 Å². The van der Waals surface area contributed by atoms with Gasteiger partial charge in [-0.3, -0.25) is 0 Å². The monoisotopic (exact) mass is 322 g/mol. The number of likely N-dealkylation sites (N-methyl/N-ethyl adjacent to an activating group) is 1. The average Bonchev–Trinajstić information content (AvgIpc) is 3.01. The van der Waals surface area contributed by atoms with E-state index in [9.17, 15) is 0 Å². The molecule has 0 aliphatic carbocycles. The summed E-state index contributed by atoms with van der Waals surface area (Å²) in [6, 6.07) is 0. The highest BCUT2D eigenvalue weighted by atomic mass is 35.5. The van der Waals surface area contributed by atoms with Crippen LogP contribution in [0, 0.1) is 6.92 Å². The molecule has 8 heteroatoms. The molecule has 110 valence electrons. The molecule has 1 saturated heterocycles. The number of thiophene rings is 1. The Morgan fingerprint density at radius 1 is 1.19 bits per heavy atom. The average molecular weight is 323 g/mol. The molecule has 1 aliphatic heterocycles. The number of hydrogen-bond donors (Lipinski definition) is 0. The van der Waals surface area contributed by atoms with Gasteiger partial charge in [0.15, 0.2) is 5.65 Å². The van der Waals surface area contributed by atoms with E-state index in [0.29, 0.717) is 5.02 Å². The predicted molar refractivity (Wildman–Crippen MR) is 85.6 cm³/mol. The highest BCUT2D eigenvalue weighted by molar-refractivity contribution is 7.17. The minimum Gasteiger partial charge on any atom is -0.338 e. The summed E-state index contributed by atoms with van der Waals surface area (Å²) in [5.74, 6) is 1.60. The molecule has 6 nitrogen and oxygen atoms in total. The summed E-state index contributed by atoms with van der Waals surface area (Å²) in [6.07, 6.45) is 0. The number of nitrogens with zero attached hydrogens (tertiary/aromatic N) is 6. The van der Waals surface area contributed by atoms with Crippen molar-refractivity contribution in [3.05, 3.63) is 16.2 Å². The summed E-state index contributed by atoms with van der Waals surface area (Å²) in [6.45, 7) is 5.84. The van der Waals surface area contributed by atoms with Gasteiger partial charge in [-0.25, -0.2) is 9.97 Å². The lowest BCUT2D eigenvalue weighted by Gasteiger charge is -2.32. The van der Waals surface area contributed by atoms with E-state index in [1.807, 2.05) is 16.8 Å². The van der Waals surface area contributed by atoms with Gasteiger partial charge in [0.25, 0.3) is 0 Å². The van der Waals surface area contributed by atoms with Crippen molar-refractivity contribution in [1.82, 2.24) is 24.5 Å². The van der Waals surface area contributed by atoms with Crippen LogP contribution in [0.5, 0.6) is 0 Å². The second kappa shape index (κ2) is 4.79. The molecule has 0 radical (unpaired) electrons. The number of aromatic nitrogens is 4. The third-order valence-electron chi connectivity index (χ3n) is 3.84. The van der Waals surface area contributed by atoms with E-state index in [0.717, 1.165) is 53.8 Å². The Labute approximate surface area is 131 Å². The molecule has 4 heterocycles. The van der Waals surface area contributed by atoms with Gasteiger partial charge in [-0.05, 0) is 14.0 Å².